The molecule has 0 radical (unpaired) electrons. The first-order chi connectivity index (χ1) is 12.5. The van der Waals surface area contributed by atoms with Crippen LogP contribution in [0.15, 0.2) is 42.5 Å². The van der Waals surface area contributed by atoms with Crippen molar-refractivity contribution in [3.63, 3.8) is 0 Å². The lowest BCUT2D eigenvalue weighted by molar-refractivity contribution is -0.116. The van der Waals surface area contributed by atoms with E-state index in [1.54, 1.807) is 6.07 Å². The van der Waals surface area contributed by atoms with Gasteiger partial charge in [-0.2, -0.15) is 0 Å². The van der Waals surface area contributed by atoms with Crippen molar-refractivity contribution in [1.29, 1.82) is 0 Å². The minimum Gasteiger partial charge on any atom is -0.369 e. The van der Waals surface area contributed by atoms with Gasteiger partial charge >= 0.3 is 0 Å². The van der Waals surface area contributed by atoms with Crippen LogP contribution in [-0.4, -0.2) is 43.5 Å². The molecule has 0 spiro atoms. The first-order valence-electron chi connectivity index (χ1n) is 8.80. The van der Waals surface area contributed by atoms with E-state index in [4.69, 9.17) is 23.2 Å². The quantitative estimate of drug-likeness (QED) is 0.817. The molecule has 0 atom stereocenters. The normalized spacial score (nSPS) is 15.1. The fourth-order valence-corrected chi connectivity index (χ4v) is 3.42. The molecule has 1 amide bonds. The average molecular weight is 392 g/mol. The molecule has 6 heteroatoms. The van der Waals surface area contributed by atoms with Crippen LogP contribution in [0.1, 0.15) is 12.0 Å². The van der Waals surface area contributed by atoms with Crippen molar-refractivity contribution in [2.24, 2.45) is 0 Å². The molecule has 0 bridgehead atoms. The fourth-order valence-electron chi connectivity index (χ4n) is 3.06. The Morgan fingerprint density at radius 1 is 1.08 bits per heavy atom. The van der Waals surface area contributed by atoms with Gasteiger partial charge in [0, 0.05) is 60.6 Å². The molecule has 1 aliphatic heterocycles. The maximum atomic E-state index is 12.2. The Morgan fingerprint density at radius 2 is 1.85 bits per heavy atom. The lowest BCUT2D eigenvalue weighted by Crippen LogP contribution is -2.47. The number of carbonyl (C=O) groups excluding carboxylic acids is 1. The predicted octanol–water partition coefficient (Wildman–Crippen LogP) is 4.45. The summed E-state index contributed by atoms with van der Waals surface area (Å²) < 4.78 is 0. The Kier molecular flexibility index (Phi) is 6.41. The summed E-state index contributed by atoms with van der Waals surface area (Å²) in [4.78, 5) is 16.8. The zero-order valence-electron chi connectivity index (χ0n) is 14.8. The van der Waals surface area contributed by atoms with E-state index in [1.807, 2.05) is 37.3 Å². The third-order valence-corrected chi connectivity index (χ3v) is 5.30. The predicted molar refractivity (Wildman–Crippen MR) is 110 cm³/mol. The minimum absolute atomic E-state index is 0.0159. The van der Waals surface area contributed by atoms with Crippen molar-refractivity contribution >= 4 is 40.5 Å². The van der Waals surface area contributed by atoms with Crippen molar-refractivity contribution in [2.75, 3.05) is 42.9 Å². The van der Waals surface area contributed by atoms with Crippen molar-refractivity contribution in [3.05, 3.63) is 58.1 Å². The van der Waals surface area contributed by atoms with Gasteiger partial charge in [-0.3, -0.25) is 9.69 Å². The zero-order valence-corrected chi connectivity index (χ0v) is 16.4. The molecule has 0 unspecified atom stereocenters. The molecule has 1 aliphatic rings. The first-order valence-corrected chi connectivity index (χ1v) is 9.56. The number of nitrogens with zero attached hydrogens (tertiary/aromatic N) is 2. The second-order valence-electron chi connectivity index (χ2n) is 6.57. The standard InChI is InChI=1S/C20H23Cl2N3O/c1-15-5-6-17(14-19(15)22)23-20(26)7-8-24-9-11-25(12-10-24)18-4-2-3-16(21)13-18/h2-6,13-14H,7-12H2,1H3,(H,23,26). The maximum absolute atomic E-state index is 12.2. The lowest BCUT2D eigenvalue weighted by Gasteiger charge is -2.36. The second kappa shape index (κ2) is 8.76. The van der Waals surface area contributed by atoms with E-state index in [2.05, 4.69) is 21.2 Å². The van der Waals surface area contributed by atoms with Crippen molar-refractivity contribution < 1.29 is 4.79 Å². The van der Waals surface area contributed by atoms with Gasteiger partial charge in [0.1, 0.15) is 0 Å². The summed E-state index contributed by atoms with van der Waals surface area (Å²) in [6.45, 7) is 6.46. The number of carbonyl (C=O) groups is 1. The van der Waals surface area contributed by atoms with Gasteiger partial charge in [-0.05, 0) is 42.8 Å². The van der Waals surface area contributed by atoms with E-state index < -0.39 is 0 Å². The van der Waals surface area contributed by atoms with Gasteiger partial charge in [-0.25, -0.2) is 0 Å². The summed E-state index contributed by atoms with van der Waals surface area (Å²) in [5.74, 6) is 0.0159. The third kappa shape index (κ3) is 5.13. The van der Waals surface area contributed by atoms with Gasteiger partial charge in [0.25, 0.3) is 0 Å². The van der Waals surface area contributed by atoms with Gasteiger partial charge in [-0.15, -0.1) is 0 Å². The molecule has 0 aliphatic carbocycles. The van der Waals surface area contributed by atoms with Gasteiger partial charge in [0.2, 0.25) is 5.91 Å². The van der Waals surface area contributed by atoms with Crippen LogP contribution in [0.4, 0.5) is 11.4 Å². The topological polar surface area (TPSA) is 35.6 Å². The Balaban J connectivity index is 1.43. The number of anilines is 2. The molecule has 138 valence electrons. The van der Waals surface area contributed by atoms with Crippen LogP contribution in [0.5, 0.6) is 0 Å². The summed E-state index contributed by atoms with van der Waals surface area (Å²) in [5, 5.41) is 4.34. The van der Waals surface area contributed by atoms with Crippen LogP contribution >= 0.6 is 23.2 Å². The van der Waals surface area contributed by atoms with Crippen LogP contribution in [0.3, 0.4) is 0 Å². The maximum Gasteiger partial charge on any atom is 0.225 e. The SMILES string of the molecule is Cc1ccc(NC(=O)CCN2CCN(c3cccc(Cl)c3)CC2)cc1Cl. The summed E-state index contributed by atoms with van der Waals surface area (Å²) in [6, 6.07) is 13.5. The van der Waals surface area contributed by atoms with E-state index in [9.17, 15) is 4.79 Å². The molecule has 0 aromatic heterocycles. The highest BCUT2D eigenvalue weighted by molar-refractivity contribution is 6.31. The van der Waals surface area contributed by atoms with Crippen molar-refractivity contribution in [1.82, 2.24) is 4.90 Å². The van der Waals surface area contributed by atoms with Gasteiger partial charge < -0.3 is 10.2 Å². The number of hydrogen-bond acceptors (Lipinski definition) is 3. The highest BCUT2D eigenvalue weighted by atomic mass is 35.5. The number of benzene rings is 2. The monoisotopic (exact) mass is 391 g/mol. The summed E-state index contributed by atoms with van der Waals surface area (Å²) in [5.41, 5.74) is 2.91. The molecular formula is C20H23Cl2N3O. The number of rotatable bonds is 5. The van der Waals surface area contributed by atoms with Gasteiger partial charge in [0.05, 0.1) is 0 Å². The summed E-state index contributed by atoms with van der Waals surface area (Å²) in [6.07, 6.45) is 0.475. The van der Waals surface area contributed by atoms with Crippen LogP contribution in [0.2, 0.25) is 10.0 Å². The number of nitrogens with one attached hydrogen (secondary N) is 1. The zero-order chi connectivity index (χ0) is 18.5. The molecule has 2 aromatic carbocycles. The second-order valence-corrected chi connectivity index (χ2v) is 7.41. The molecule has 2 aromatic rings. The largest absolute Gasteiger partial charge is 0.369 e. The lowest BCUT2D eigenvalue weighted by atomic mass is 10.2. The van der Waals surface area contributed by atoms with Gasteiger partial charge in [-0.1, -0.05) is 35.3 Å². The van der Waals surface area contributed by atoms with Crippen LogP contribution < -0.4 is 10.2 Å². The highest BCUT2D eigenvalue weighted by Gasteiger charge is 2.18. The summed E-state index contributed by atoms with van der Waals surface area (Å²) >= 11 is 12.2. The van der Waals surface area contributed by atoms with E-state index in [1.165, 1.54) is 0 Å². The molecule has 4 nitrogen and oxygen atoms in total. The number of hydrogen-bond donors (Lipinski definition) is 1. The molecule has 3 rings (SSSR count). The van der Waals surface area contributed by atoms with Crippen LogP contribution in [0, 0.1) is 6.92 Å². The number of amides is 1. The first kappa shape index (κ1) is 19.0. The number of piperazine rings is 1. The fraction of sp³-hybridized carbons (Fsp3) is 0.350. The van der Waals surface area contributed by atoms with Crippen LogP contribution in [-0.2, 0) is 4.79 Å². The molecule has 1 heterocycles. The molecule has 1 saturated heterocycles. The Labute approximate surface area is 164 Å². The molecule has 1 N–H and O–H groups in total. The Morgan fingerprint density at radius 3 is 2.54 bits per heavy atom. The highest BCUT2D eigenvalue weighted by Crippen LogP contribution is 2.21. The molecule has 0 saturated carbocycles. The Bertz CT molecular complexity index is 773. The van der Waals surface area contributed by atoms with E-state index in [0.717, 1.165) is 54.7 Å². The van der Waals surface area contributed by atoms with E-state index in [0.29, 0.717) is 11.4 Å². The summed E-state index contributed by atoms with van der Waals surface area (Å²) in [7, 11) is 0. The third-order valence-electron chi connectivity index (χ3n) is 4.66. The van der Waals surface area contributed by atoms with Crippen molar-refractivity contribution in [2.45, 2.75) is 13.3 Å². The molecule has 26 heavy (non-hydrogen) atoms. The van der Waals surface area contributed by atoms with Crippen LogP contribution in [0.25, 0.3) is 0 Å². The molecule has 1 fully saturated rings. The average Bonchev–Trinajstić information content (AvgIpc) is 2.63. The smallest absolute Gasteiger partial charge is 0.225 e. The number of halogens is 2. The molecular weight excluding hydrogens is 369 g/mol. The van der Waals surface area contributed by atoms with Gasteiger partial charge in [0.15, 0.2) is 0 Å². The number of aryl methyl sites for hydroxylation is 1. The minimum atomic E-state index is 0.0159. The van der Waals surface area contributed by atoms with E-state index in [-0.39, 0.29) is 5.91 Å². The van der Waals surface area contributed by atoms with Crippen molar-refractivity contribution in [3.8, 4) is 0 Å². The van der Waals surface area contributed by atoms with E-state index >= 15 is 0 Å². The Hall–Kier alpha value is -1.75.